The molecule has 1 unspecified atom stereocenters. The number of nitrogens with zero attached hydrogens (tertiary/aromatic N) is 2. The first-order valence-corrected chi connectivity index (χ1v) is 8.97. The molecule has 1 N–H and O–H groups in total. The number of piperazine rings is 1. The van der Waals surface area contributed by atoms with Gasteiger partial charge in [0.25, 0.3) is 0 Å². The van der Waals surface area contributed by atoms with Crippen molar-refractivity contribution in [3.05, 3.63) is 0 Å². The van der Waals surface area contributed by atoms with E-state index in [2.05, 4.69) is 10.2 Å². The Kier molecular flexibility index (Phi) is 7.11. The molecule has 1 amide bonds. The number of carbonyl (C=O) groups is 1. The molecule has 0 aromatic heterocycles. The summed E-state index contributed by atoms with van der Waals surface area (Å²) in [5.74, 6) is 0. The Morgan fingerprint density at radius 1 is 1.26 bits per heavy atom. The van der Waals surface area contributed by atoms with Crippen LogP contribution in [0.25, 0.3) is 0 Å². The van der Waals surface area contributed by atoms with Gasteiger partial charge >= 0.3 is 6.09 Å². The average molecular weight is 327 g/mol. The van der Waals surface area contributed by atoms with E-state index in [1.165, 1.54) is 12.8 Å². The van der Waals surface area contributed by atoms with Gasteiger partial charge in [-0.15, -0.1) is 0 Å². The number of nitrogens with one attached hydrogen (secondary N) is 1. The number of amides is 1. The maximum Gasteiger partial charge on any atom is 0.410 e. The fourth-order valence-electron chi connectivity index (χ4n) is 2.98. The van der Waals surface area contributed by atoms with E-state index in [9.17, 15) is 4.79 Å². The smallest absolute Gasteiger partial charge is 0.410 e. The van der Waals surface area contributed by atoms with Crippen LogP contribution in [0.15, 0.2) is 0 Å². The van der Waals surface area contributed by atoms with Crippen LogP contribution >= 0.6 is 0 Å². The van der Waals surface area contributed by atoms with Crippen LogP contribution in [0.3, 0.4) is 0 Å². The van der Waals surface area contributed by atoms with Crippen LogP contribution in [0.2, 0.25) is 0 Å². The lowest BCUT2D eigenvalue weighted by atomic mass is 10.2. The fraction of sp³-hybridized carbons (Fsp3) is 0.941. The summed E-state index contributed by atoms with van der Waals surface area (Å²) in [5, 5.41) is 3.48. The van der Waals surface area contributed by atoms with Crippen molar-refractivity contribution in [1.82, 2.24) is 15.1 Å². The van der Waals surface area contributed by atoms with Gasteiger partial charge in [0.05, 0.1) is 6.10 Å². The summed E-state index contributed by atoms with van der Waals surface area (Å²) < 4.78 is 11.0. The summed E-state index contributed by atoms with van der Waals surface area (Å²) in [5.41, 5.74) is -0.414. The van der Waals surface area contributed by atoms with E-state index in [-0.39, 0.29) is 6.09 Å². The Morgan fingerprint density at radius 2 is 2.00 bits per heavy atom. The van der Waals surface area contributed by atoms with Crippen LogP contribution in [-0.2, 0) is 9.47 Å². The van der Waals surface area contributed by atoms with Crippen molar-refractivity contribution in [3.63, 3.8) is 0 Å². The highest BCUT2D eigenvalue weighted by Crippen LogP contribution is 2.12. The number of hydrogen-bond donors (Lipinski definition) is 1. The third-order valence-corrected chi connectivity index (χ3v) is 4.25. The minimum atomic E-state index is -0.414. The van der Waals surface area contributed by atoms with Crippen molar-refractivity contribution in [1.29, 1.82) is 0 Å². The first kappa shape index (κ1) is 18.5. The maximum atomic E-state index is 12.0. The monoisotopic (exact) mass is 327 g/mol. The lowest BCUT2D eigenvalue weighted by Crippen LogP contribution is -2.50. The molecule has 2 heterocycles. The molecule has 0 aliphatic carbocycles. The molecule has 2 fully saturated rings. The van der Waals surface area contributed by atoms with E-state index in [1.54, 1.807) is 0 Å². The Bertz CT molecular complexity index is 357. The molecule has 1 atom stereocenters. The lowest BCUT2D eigenvalue weighted by Gasteiger charge is -2.35. The minimum Gasteiger partial charge on any atom is -0.444 e. The van der Waals surface area contributed by atoms with Crippen molar-refractivity contribution >= 4 is 6.09 Å². The summed E-state index contributed by atoms with van der Waals surface area (Å²) in [7, 11) is 0. The molecule has 6 heteroatoms. The van der Waals surface area contributed by atoms with Gasteiger partial charge in [0.1, 0.15) is 5.60 Å². The highest BCUT2D eigenvalue weighted by atomic mass is 16.6. The maximum absolute atomic E-state index is 12.0. The molecular weight excluding hydrogens is 294 g/mol. The topological polar surface area (TPSA) is 54.0 Å². The molecule has 0 spiro atoms. The Morgan fingerprint density at radius 3 is 2.61 bits per heavy atom. The predicted molar refractivity (Wildman–Crippen MR) is 90.7 cm³/mol. The third kappa shape index (κ3) is 7.06. The van der Waals surface area contributed by atoms with Gasteiger partial charge in [0.2, 0.25) is 0 Å². The minimum absolute atomic E-state index is 0.185. The van der Waals surface area contributed by atoms with Gasteiger partial charge in [-0.3, -0.25) is 4.90 Å². The van der Waals surface area contributed by atoms with Gasteiger partial charge in [-0.25, -0.2) is 4.79 Å². The molecule has 2 aliphatic heterocycles. The van der Waals surface area contributed by atoms with Crippen LogP contribution in [0, 0.1) is 0 Å². The molecule has 0 aromatic rings. The molecule has 0 bridgehead atoms. The number of rotatable bonds is 6. The zero-order valence-corrected chi connectivity index (χ0v) is 15.0. The molecule has 6 nitrogen and oxygen atoms in total. The van der Waals surface area contributed by atoms with Crippen LogP contribution in [0.4, 0.5) is 4.79 Å². The van der Waals surface area contributed by atoms with Gasteiger partial charge < -0.3 is 19.7 Å². The standard InChI is InChI=1S/C17H33N3O3/c1-17(2,3)23-16(21)20-11-9-19(10-12-20)8-5-7-18-14-15-6-4-13-22-15/h15,18H,4-14H2,1-3H3. The first-order valence-electron chi connectivity index (χ1n) is 8.97. The van der Waals surface area contributed by atoms with Crippen molar-refractivity contribution in [2.45, 2.75) is 51.7 Å². The average Bonchev–Trinajstić information content (AvgIpc) is 2.99. The van der Waals surface area contributed by atoms with Gasteiger partial charge in [0, 0.05) is 39.3 Å². The zero-order valence-electron chi connectivity index (χ0n) is 15.0. The van der Waals surface area contributed by atoms with E-state index < -0.39 is 5.60 Å². The molecule has 0 radical (unpaired) electrons. The summed E-state index contributed by atoms with van der Waals surface area (Å²) in [6.07, 6.45) is 3.77. The quantitative estimate of drug-likeness (QED) is 0.753. The van der Waals surface area contributed by atoms with Crippen LogP contribution in [0.1, 0.15) is 40.0 Å². The highest BCUT2D eigenvalue weighted by Gasteiger charge is 2.25. The van der Waals surface area contributed by atoms with Gasteiger partial charge in [-0.05, 0) is 53.1 Å². The summed E-state index contributed by atoms with van der Waals surface area (Å²) in [6, 6.07) is 0. The first-order chi connectivity index (χ1) is 10.9. The molecule has 23 heavy (non-hydrogen) atoms. The van der Waals surface area contributed by atoms with E-state index in [0.717, 1.165) is 58.8 Å². The summed E-state index contributed by atoms with van der Waals surface area (Å²) in [6.45, 7) is 13.1. The Balaban J connectivity index is 1.51. The van der Waals surface area contributed by atoms with E-state index in [1.807, 2.05) is 25.7 Å². The van der Waals surface area contributed by atoms with Gasteiger partial charge in [-0.1, -0.05) is 0 Å². The highest BCUT2D eigenvalue weighted by molar-refractivity contribution is 5.68. The second-order valence-electron chi connectivity index (χ2n) is 7.50. The normalized spacial score (nSPS) is 23.3. The van der Waals surface area contributed by atoms with Crippen molar-refractivity contribution in [2.24, 2.45) is 0 Å². The van der Waals surface area contributed by atoms with Crippen LogP contribution in [0.5, 0.6) is 0 Å². The van der Waals surface area contributed by atoms with Crippen molar-refractivity contribution < 1.29 is 14.3 Å². The third-order valence-electron chi connectivity index (χ3n) is 4.25. The molecule has 0 aromatic carbocycles. The molecular formula is C17H33N3O3. The number of ether oxygens (including phenoxy) is 2. The predicted octanol–water partition coefficient (Wildman–Crippen LogP) is 1.70. The number of carbonyl (C=O) groups excluding carboxylic acids is 1. The fourth-order valence-corrected chi connectivity index (χ4v) is 2.98. The number of hydrogen-bond acceptors (Lipinski definition) is 5. The van der Waals surface area contributed by atoms with Crippen molar-refractivity contribution in [3.8, 4) is 0 Å². The summed E-state index contributed by atoms with van der Waals surface area (Å²) in [4.78, 5) is 16.3. The van der Waals surface area contributed by atoms with Crippen LogP contribution in [-0.4, -0.2) is 80.0 Å². The second kappa shape index (κ2) is 8.85. The Labute approximate surface area is 140 Å². The summed E-state index contributed by atoms with van der Waals surface area (Å²) >= 11 is 0. The van der Waals surface area contributed by atoms with Crippen LogP contribution < -0.4 is 5.32 Å². The SMILES string of the molecule is CC(C)(C)OC(=O)N1CCN(CCCNCC2CCCO2)CC1. The van der Waals surface area contributed by atoms with E-state index in [4.69, 9.17) is 9.47 Å². The van der Waals surface area contributed by atoms with Gasteiger partial charge in [0.15, 0.2) is 0 Å². The van der Waals surface area contributed by atoms with Gasteiger partial charge in [-0.2, -0.15) is 0 Å². The zero-order chi connectivity index (χ0) is 16.7. The molecule has 2 rings (SSSR count). The lowest BCUT2D eigenvalue weighted by molar-refractivity contribution is 0.0144. The van der Waals surface area contributed by atoms with E-state index in [0.29, 0.717) is 6.10 Å². The molecule has 134 valence electrons. The molecule has 2 aliphatic rings. The Hall–Kier alpha value is -0.850. The molecule has 2 saturated heterocycles. The largest absolute Gasteiger partial charge is 0.444 e. The van der Waals surface area contributed by atoms with E-state index >= 15 is 0 Å². The van der Waals surface area contributed by atoms with Crippen molar-refractivity contribution in [2.75, 3.05) is 52.4 Å². The second-order valence-corrected chi connectivity index (χ2v) is 7.50. The molecule has 0 saturated carbocycles.